The number of aryl methyl sites for hydroxylation is 1. The van der Waals surface area contributed by atoms with Gasteiger partial charge in [0.25, 0.3) is 0 Å². The molecule has 154 valence electrons. The molecule has 8 nitrogen and oxygen atoms in total. The van der Waals surface area contributed by atoms with Gasteiger partial charge in [0.15, 0.2) is 11.5 Å². The highest BCUT2D eigenvalue weighted by molar-refractivity contribution is 5.85. The number of methoxy groups -OCH3 is 1. The van der Waals surface area contributed by atoms with Gasteiger partial charge in [0.05, 0.1) is 26.5 Å². The van der Waals surface area contributed by atoms with Gasteiger partial charge in [-0.2, -0.15) is 4.98 Å². The Balaban J connectivity index is 1.53. The van der Waals surface area contributed by atoms with Crippen LogP contribution < -0.4 is 10.4 Å². The molecule has 2 aliphatic rings. The molecule has 3 heterocycles. The van der Waals surface area contributed by atoms with Crippen LogP contribution in [0.3, 0.4) is 0 Å². The predicted molar refractivity (Wildman–Crippen MR) is 116 cm³/mol. The zero-order valence-electron chi connectivity index (χ0n) is 17.2. The van der Waals surface area contributed by atoms with Crippen molar-refractivity contribution < 1.29 is 4.74 Å². The second kappa shape index (κ2) is 7.64. The number of imidazole rings is 2. The lowest BCUT2D eigenvalue weighted by molar-refractivity contribution is 0.414. The molecule has 0 saturated carbocycles. The molecule has 5 rings (SSSR count). The SMILES string of the molecule is COc1ccc(Cn2c3ncnc4c(ncn4Cc4ccc(C)cc4)c-3nc2=O)cc1. The minimum Gasteiger partial charge on any atom is -0.497 e. The van der Waals surface area contributed by atoms with Crippen molar-refractivity contribution in [3.8, 4) is 17.3 Å². The molecule has 0 fully saturated rings. The number of aromatic nitrogens is 6. The molecule has 3 aromatic rings. The maximum absolute atomic E-state index is 12.7. The average molecular weight is 412 g/mol. The summed E-state index contributed by atoms with van der Waals surface area (Å²) in [6.45, 7) is 3.02. The lowest BCUT2D eigenvalue weighted by atomic mass is 10.1. The lowest BCUT2D eigenvalue weighted by Crippen LogP contribution is -2.17. The van der Waals surface area contributed by atoms with E-state index in [1.165, 1.54) is 16.5 Å². The van der Waals surface area contributed by atoms with Crippen molar-refractivity contribution in [1.29, 1.82) is 0 Å². The van der Waals surface area contributed by atoms with Gasteiger partial charge in [-0.1, -0.05) is 42.0 Å². The van der Waals surface area contributed by atoms with Crippen LogP contribution in [0.5, 0.6) is 5.75 Å². The number of fused-ring (bicyclic) bond motifs is 3. The molecule has 2 aromatic carbocycles. The van der Waals surface area contributed by atoms with Gasteiger partial charge < -0.3 is 9.30 Å². The van der Waals surface area contributed by atoms with E-state index in [4.69, 9.17) is 4.74 Å². The number of benzene rings is 2. The predicted octanol–water partition coefficient (Wildman–Crippen LogP) is 2.90. The summed E-state index contributed by atoms with van der Waals surface area (Å²) in [5.41, 5.74) is 4.58. The minimum absolute atomic E-state index is 0.349. The first-order valence-electron chi connectivity index (χ1n) is 9.87. The van der Waals surface area contributed by atoms with E-state index >= 15 is 0 Å². The van der Waals surface area contributed by atoms with Crippen LogP contribution >= 0.6 is 0 Å². The molecule has 0 atom stereocenters. The van der Waals surface area contributed by atoms with Crippen LogP contribution in [-0.4, -0.2) is 36.2 Å². The molecule has 0 radical (unpaired) electrons. The first-order valence-corrected chi connectivity index (χ1v) is 9.87. The van der Waals surface area contributed by atoms with Gasteiger partial charge in [0.2, 0.25) is 0 Å². The van der Waals surface area contributed by atoms with Gasteiger partial charge in [-0.25, -0.2) is 19.7 Å². The Kier molecular flexibility index (Phi) is 4.66. The van der Waals surface area contributed by atoms with Crippen molar-refractivity contribution in [3.05, 3.63) is 88.4 Å². The third kappa shape index (κ3) is 3.52. The monoisotopic (exact) mass is 412 g/mol. The van der Waals surface area contributed by atoms with Crippen molar-refractivity contribution >= 4 is 11.2 Å². The van der Waals surface area contributed by atoms with Crippen LogP contribution in [-0.2, 0) is 13.1 Å². The summed E-state index contributed by atoms with van der Waals surface area (Å²) in [7, 11) is 1.62. The molecule has 1 aromatic heterocycles. The highest BCUT2D eigenvalue weighted by Crippen LogP contribution is 2.24. The van der Waals surface area contributed by atoms with Crippen LogP contribution in [0.25, 0.3) is 22.7 Å². The van der Waals surface area contributed by atoms with E-state index in [0.29, 0.717) is 35.8 Å². The van der Waals surface area contributed by atoms with Gasteiger partial charge in [-0.15, -0.1) is 0 Å². The maximum atomic E-state index is 12.7. The van der Waals surface area contributed by atoms with E-state index in [0.717, 1.165) is 16.9 Å². The van der Waals surface area contributed by atoms with E-state index in [-0.39, 0.29) is 5.69 Å². The van der Waals surface area contributed by atoms with Gasteiger partial charge in [0.1, 0.15) is 23.3 Å². The molecule has 2 aliphatic heterocycles. The van der Waals surface area contributed by atoms with Crippen molar-refractivity contribution in [2.75, 3.05) is 7.11 Å². The van der Waals surface area contributed by atoms with Gasteiger partial charge in [-0.05, 0) is 30.2 Å². The maximum Gasteiger partial charge on any atom is 0.350 e. The molecule has 0 bridgehead atoms. The van der Waals surface area contributed by atoms with E-state index < -0.39 is 0 Å². The topological polar surface area (TPSA) is 87.7 Å². The molecule has 8 heteroatoms. The summed E-state index contributed by atoms with van der Waals surface area (Å²) in [5, 5.41) is 0. The van der Waals surface area contributed by atoms with Gasteiger partial charge in [0, 0.05) is 0 Å². The molecule has 0 amide bonds. The smallest absolute Gasteiger partial charge is 0.350 e. The third-order valence-corrected chi connectivity index (χ3v) is 5.27. The van der Waals surface area contributed by atoms with Crippen LogP contribution in [0.2, 0.25) is 0 Å². The van der Waals surface area contributed by atoms with Crippen LogP contribution in [0, 0.1) is 6.92 Å². The van der Waals surface area contributed by atoms with Crippen molar-refractivity contribution in [2.24, 2.45) is 0 Å². The van der Waals surface area contributed by atoms with E-state index in [9.17, 15) is 4.79 Å². The number of ether oxygens (including phenoxy) is 1. The molecular formula is C23H20N6O2. The van der Waals surface area contributed by atoms with Crippen molar-refractivity contribution in [2.45, 2.75) is 20.0 Å². The largest absolute Gasteiger partial charge is 0.497 e. The Morgan fingerprint density at radius 1 is 0.903 bits per heavy atom. The summed E-state index contributed by atoms with van der Waals surface area (Å²) in [4.78, 5) is 30.3. The molecule has 0 unspecified atom stereocenters. The molecule has 0 saturated heterocycles. The summed E-state index contributed by atoms with van der Waals surface area (Å²) in [5.74, 6) is 1.22. The summed E-state index contributed by atoms with van der Waals surface area (Å²) >= 11 is 0. The number of nitrogens with zero attached hydrogens (tertiary/aromatic N) is 6. The highest BCUT2D eigenvalue weighted by atomic mass is 16.5. The number of rotatable bonds is 5. The Morgan fingerprint density at radius 2 is 1.61 bits per heavy atom. The lowest BCUT2D eigenvalue weighted by Gasteiger charge is -2.05. The first-order chi connectivity index (χ1) is 15.1. The summed E-state index contributed by atoms with van der Waals surface area (Å²) in [6.07, 6.45) is 3.19. The second-order valence-electron chi connectivity index (χ2n) is 7.40. The number of hydrogen-bond donors (Lipinski definition) is 0. The van der Waals surface area contributed by atoms with E-state index in [1.807, 2.05) is 28.8 Å². The third-order valence-electron chi connectivity index (χ3n) is 5.27. The minimum atomic E-state index is -0.362. The Morgan fingerprint density at radius 3 is 2.35 bits per heavy atom. The Bertz CT molecular complexity index is 1390. The van der Waals surface area contributed by atoms with Crippen LogP contribution in [0.4, 0.5) is 0 Å². The van der Waals surface area contributed by atoms with E-state index in [1.54, 1.807) is 13.4 Å². The molecule has 0 N–H and O–H groups in total. The normalized spacial score (nSPS) is 11.3. The Labute approximate surface area is 178 Å². The zero-order valence-corrected chi connectivity index (χ0v) is 17.2. The highest BCUT2D eigenvalue weighted by Gasteiger charge is 2.21. The van der Waals surface area contributed by atoms with Gasteiger partial charge in [-0.3, -0.25) is 4.57 Å². The van der Waals surface area contributed by atoms with Crippen LogP contribution in [0.15, 0.2) is 66.0 Å². The number of hydrogen-bond acceptors (Lipinski definition) is 6. The summed E-state index contributed by atoms with van der Waals surface area (Å²) in [6, 6.07) is 15.9. The zero-order chi connectivity index (χ0) is 21.4. The fraction of sp³-hybridized carbons (Fsp3) is 0.174. The fourth-order valence-electron chi connectivity index (χ4n) is 3.59. The molecule has 0 spiro atoms. The quantitative estimate of drug-likeness (QED) is 0.441. The second-order valence-corrected chi connectivity index (χ2v) is 7.40. The molecule has 0 aliphatic carbocycles. The van der Waals surface area contributed by atoms with Gasteiger partial charge >= 0.3 is 5.69 Å². The molecular weight excluding hydrogens is 392 g/mol. The molecule has 31 heavy (non-hydrogen) atoms. The van der Waals surface area contributed by atoms with E-state index in [2.05, 4.69) is 51.1 Å². The van der Waals surface area contributed by atoms with Crippen LogP contribution in [0.1, 0.15) is 16.7 Å². The van der Waals surface area contributed by atoms with Crippen molar-refractivity contribution in [1.82, 2.24) is 29.1 Å². The van der Waals surface area contributed by atoms with Crippen molar-refractivity contribution in [3.63, 3.8) is 0 Å². The standard InChI is InChI=1S/C23H20N6O2/c1-15-3-5-16(6-4-15)11-28-14-26-19-20-22(25-13-24-21(19)28)29(23(30)27-20)12-17-7-9-18(31-2)10-8-17/h3-10,13-14H,11-12H2,1-2H3. The summed E-state index contributed by atoms with van der Waals surface area (Å²) < 4.78 is 8.68. The first kappa shape index (κ1) is 18.9. The fourth-order valence-corrected chi connectivity index (χ4v) is 3.59. The average Bonchev–Trinajstić information content (AvgIpc) is 3.25. The Hall–Kier alpha value is -4.07.